The smallest absolute Gasteiger partial charge is 0.246 e. The van der Waals surface area contributed by atoms with Crippen LogP contribution in [0.3, 0.4) is 0 Å². The minimum Gasteiger partial charge on any atom is -0.394 e. The summed E-state index contributed by atoms with van der Waals surface area (Å²) in [6.07, 6.45) is 4.80. The molecule has 14 atom stereocenters. The minimum atomic E-state index is -1.79. The molecule has 1 aliphatic heterocycles. The number of unbranched alkanes of at least 4 members (excludes halogenated alkanes) is 1. The van der Waals surface area contributed by atoms with Crippen LogP contribution < -0.4 is 86.7 Å². The van der Waals surface area contributed by atoms with E-state index in [9.17, 15) is 38.7 Å². The number of amides is 13. The second-order valence-electron chi connectivity index (χ2n) is 33.8. The van der Waals surface area contributed by atoms with Crippen LogP contribution in [-0.2, 0) is 94.4 Å². The number of carbonyl (C=O) groups is 13. The third-order valence-electron chi connectivity index (χ3n) is 22.5. The number of aliphatic hydroxyl groups excluding tert-OH is 1. The first kappa shape index (κ1) is 98.9. The van der Waals surface area contributed by atoms with E-state index in [1.54, 1.807) is 114 Å². The van der Waals surface area contributed by atoms with Gasteiger partial charge in [0.15, 0.2) is 5.96 Å². The number of hydrogen-bond acceptors (Lipinski definition) is 17. The van der Waals surface area contributed by atoms with E-state index in [1.165, 1.54) is 4.90 Å². The summed E-state index contributed by atoms with van der Waals surface area (Å²) in [6, 6.07) is 23.6. The number of aromatic nitrogens is 2. The summed E-state index contributed by atoms with van der Waals surface area (Å²) in [7, 11) is 0. The van der Waals surface area contributed by atoms with Crippen molar-refractivity contribution in [1.29, 1.82) is 5.41 Å². The summed E-state index contributed by atoms with van der Waals surface area (Å²) >= 11 is 0. The Hall–Kier alpha value is -12.6. The first-order valence-electron chi connectivity index (χ1n) is 43.6. The maximum Gasteiger partial charge on any atom is 0.246 e. The number of para-hydroxylation sites is 2. The molecule has 0 unspecified atom stereocenters. The lowest BCUT2D eigenvalue weighted by Gasteiger charge is -2.32. The summed E-state index contributed by atoms with van der Waals surface area (Å²) in [5.74, 6) is -11.8. The highest BCUT2D eigenvalue weighted by molar-refractivity contribution is 6.01. The number of likely N-dealkylation sites (tertiary alicyclic amines) is 1. The number of benzene rings is 5. The molecule has 0 spiro atoms. The summed E-state index contributed by atoms with van der Waals surface area (Å²) < 4.78 is 0. The van der Waals surface area contributed by atoms with Gasteiger partial charge in [-0.2, -0.15) is 0 Å². The van der Waals surface area contributed by atoms with Crippen LogP contribution in [0.5, 0.6) is 0 Å². The van der Waals surface area contributed by atoms with Crippen molar-refractivity contribution in [3.05, 3.63) is 180 Å². The third kappa shape index (κ3) is 29.8. The first-order chi connectivity index (χ1) is 60.2. The number of aliphatic hydroxyl groups is 1. The fourth-order valence-corrected chi connectivity index (χ4v) is 15.4. The zero-order valence-corrected chi connectivity index (χ0v) is 73.2. The number of rotatable bonds is 50. The van der Waals surface area contributed by atoms with Crippen LogP contribution in [0.15, 0.2) is 152 Å². The Morgan fingerprint density at radius 3 is 1.32 bits per heavy atom. The van der Waals surface area contributed by atoms with Gasteiger partial charge < -0.3 is 107 Å². The Morgan fingerprint density at radius 1 is 0.452 bits per heavy atom. The van der Waals surface area contributed by atoms with Crippen molar-refractivity contribution in [1.82, 2.24) is 78.7 Å². The van der Waals surface area contributed by atoms with E-state index < -0.39 is 174 Å². The van der Waals surface area contributed by atoms with E-state index in [1.807, 2.05) is 93.6 Å². The molecule has 126 heavy (non-hydrogen) atoms. The van der Waals surface area contributed by atoms with Crippen molar-refractivity contribution in [2.45, 2.75) is 230 Å². The van der Waals surface area contributed by atoms with Crippen molar-refractivity contribution in [2.75, 3.05) is 26.2 Å². The van der Waals surface area contributed by atoms with Gasteiger partial charge in [-0.05, 0) is 134 Å². The van der Waals surface area contributed by atoms with Gasteiger partial charge in [0.25, 0.3) is 0 Å². The number of primary amides is 1. The zero-order valence-electron chi connectivity index (χ0n) is 73.2. The molecule has 34 heteroatoms. The number of nitrogens with zero attached hydrogens (tertiary/aromatic N) is 1. The van der Waals surface area contributed by atoms with Crippen LogP contribution >= 0.6 is 0 Å². The maximum absolute atomic E-state index is 15.3. The average molecular weight is 1740 g/mol. The van der Waals surface area contributed by atoms with Crippen LogP contribution in [0.2, 0.25) is 0 Å². The molecule has 3 heterocycles. The lowest BCUT2D eigenvalue weighted by atomic mass is 9.96. The highest BCUT2D eigenvalue weighted by atomic mass is 16.3. The fraction of sp³-hybridized carbons (Fsp3) is 0.478. The molecule has 1 aliphatic rings. The van der Waals surface area contributed by atoms with Crippen LogP contribution in [0, 0.1) is 29.1 Å². The van der Waals surface area contributed by atoms with E-state index in [-0.39, 0.29) is 114 Å². The van der Waals surface area contributed by atoms with Crippen LogP contribution in [0.25, 0.3) is 21.8 Å². The highest BCUT2D eigenvalue weighted by Crippen LogP contribution is 2.26. The predicted octanol–water partition coefficient (Wildman–Crippen LogP) is 2.48. The van der Waals surface area contributed by atoms with Gasteiger partial charge in [0.1, 0.15) is 72.5 Å². The lowest BCUT2D eigenvalue weighted by molar-refractivity contribution is -0.143. The molecule has 680 valence electrons. The van der Waals surface area contributed by atoms with Gasteiger partial charge in [0.05, 0.1) is 12.6 Å². The highest BCUT2D eigenvalue weighted by Gasteiger charge is 2.43. The van der Waals surface area contributed by atoms with Crippen molar-refractivity contribution in [2.24, 2.45) is 46.6 Å². The van der Waals surface area contributed by atoms with Crippen molar-refractivity contribution in [3.8, 4) is 0 Å². The van der Waals surface area contributed by atoms with Gasteiger partial charge in [0, 0.05) is 73.0 Å². The number of fused-ring (bicyclic) bond motifs is 2. The second kappa shape index (κ2) is 49.2. The van der Waals surface area contributed by atoms with E-state index in [0.29, 0.717) is 52.4 Å². The molecule has 34 nitrogen and oxygen atoms in total. The average Bonchev–Trinajstić information content (AvgIpc) is 1.64. The molecule has 8 rings (SSSR count). The molecule has 0 radical (unpaired) electrons. The number of H-pyrrole nitrogens is 2. The normalized spacial score (nSPS) is 15.7. The third-order valence-corrected chi connectivity index (χ3v) is 22.5. The van der Waals surface area contributed by atoms with E-state index in [4.69, 9.17) is 28.3 Å². The van der Waals surface area contributed by atoms with Crippen molar-refractivity contribution >= 4 is 105 Å². The Bertz CT molecular complexity index is 4810. The Balaban J connectivity index is 1.03. The minimum absolute atomic E-state index is 0.0188. The number of hydrogen-bond donors (Lipinski definition) is 20. The lowest BCUT2D eigenvalue weighted by Crippen LogP contribution is -2.62. The quantitative estimate of drug-likeness (QED) is 0.0148. The fourth-order valence-electron chi connectivity index (χ4n) is 15.4. The van der Waals surface area contributed by atoms with E-state index in [2.05, 4.69) is 73.8 Å². The summed E-state index contributed by atoms with van der Waals surface area (Å²) in [5, 5.41) is 53.6. The summed E-state index contributed by atoms with van der Waals surface area (Å²) in [5.41, 5.74) is 28.3. The van der Waals surface area contributed by atoms with Gasteiger partial charge in [-0.1, -0.05) is 189 Å². The predicted molar refractivity (Wildman–Crippen MR) is 480 cm³/mol. The summed E-state index contributed by atoms with van der Waals surface area (Å²) in [4.78, 5) is 198. The number of carbonyl (C=O) groups excluding carboxylic acids is 13. The van der Waals surface area contributed by atoms with Gasteiger partial charge in [0.2, 0.25) is 76.8 Å². The molecule has 2 aromatic heterocycles. The molecule has 0 aliphatic carbocycles. The zero-order chi connectivity index (χ0) is 91.7. The second-order valence-corrected chi connectivity index (χ2v) is 33.8. The first-order valence-corrected chi connectivity index (χ1v) is 43.6. The Labute approximate surface area is 735 Å². The number of guanidine groups is 1. The molecular weight excluding hydrogens is 1610 g/mol. The molecule has 1 saturated heterocycles. The summed E-state index contributed by atoms with van der Waals surface area (Å²) in [6.45, 7) is 13.8. The molecule has 7 aromatic rings. The molecule has 0 bridgehead atoms. The molecule has 0 saturated carbocycles. The topological polar surface area (TPSA) is 549 Å². The van der Waals surface area contributed by atoms with Crippen LogP contribution in [0.1, 0.15) is 147 Å². The SMILES string of the molecule is CC[C@H](C)[C@H](NC(=O)[C@H](CCCNC(=N)N)NC(=O)[C@H](Cc1c[nH]c2ccccc12)NC(=O)[C@@H](CC(C)C)NC(=O)[C@H](Cc1ccccc1)NC(=O)[C@H](CCCCN)NC(=O)[C@H](CO)NC(=O)[C@H](Cc1ccccc1)NC(=O)[C@H](Cc1c[nH]c2ccccc12)NC(=O)[C@@H]1CCCN1C(=O)[C@@H](NC(=O)[C@@H](N)Cc1ccccc1)C(C)C)C(=O)N[C@@H](CC(C)C)C(N)=O. The molecule has 24 N–H and O–H groups in total. The molecular formula is C92H128N20O14. The van der Waals surface area contributed by atoms with Gasteiger partial charge in [-0.15, -0.1) is 0 Å². The van der Waals surface area contributed by atoms with Crippen molar-refractivity contribution in [3.63, 3.8) is 0 Å². The van der Waals surface area contributed by atoms with Crippen LogP contribution in [0.4, 0.5) is 0 Å². The number of nitrogens with two attached hydrogens (primary N) is 4. The van der Waals surface area contributed by atoms with Gasteiger partial charge in [-0.3, -0.25) is 67.7 Å². The van der Waals surface area contributed by atoms with E-state index >= 15 is 28.8 Å². The van der Waals surface area contributed by atoms with E-state index in [0.717, 1.165) is 16.5 Å². The van der Waals surface area contributed by atoms with Gasteiger partial charge >= 0.3 is 0 Å². The number of nitrogens with one attached hydrogen (secondary N) is 15. The Morgan fingerprint density at radius 2 is 0.849 bits per heavy atom. The van der Waals surface area contributed by atoms with Crippen LogP contribution in [-0.4, -0.2) is 208 Å². The largest absolute Gasteiger partial charge is 0.394 e. The number of aromatic amines is 2. The standard InChI is InChI=1S/C92H128N20O14/c1-9-56(8)78(90(125)103-69(79(95)114)43-53(2)3)111-82(117)68(38-25-41-98-92(96)97)101-86(121)73(48-60-50-99-65-35-21-19-33-62(60)65)107-83(118)70(44-54(4)5)104-84(119)71(46-58-29-15-11-16-30-58)105-81(116)67(37-23-24-40-93)102-88(123)75(52-113)109-85(120)72(47-59-31-17-12-18-32-59)106-87(122)74(49-61-51-100-66-36-22-20-34-63(61)66)108-89(124)76-39-26-42-112(76)91(126)77(55(6)7)110-80(115)64(94)45-57-27-13-10-14-28-57/h10-22,27-36,50-51,53-56,64,67-78,99-100,113H,9,23-26,37-49,52,93-94H2,1-8H3,(H2,95,114)(H,101,121)(H,102,123)(H,103,125)(H,104,119)(H,105,116)(H,106,122)(H,107,118)(H,108,124)(H,109,120)(H,110,115)(H,111,117)(H4,96,97,98)/t56-,64-,67-,68-,69-,70+,71-,72-,73-,74-,75-,76-,77-,78-/m0/s1. The molecule has 5 aromatic carbocycles. The molecule has 13 amide bonds. The van der Waals surface area contributed by atoms with Gasteiger partial charge in [-0.25, -0.2) is 0 Å². The monoisotopic (exact) mass is 1740 g/mol. The molecule has 1 fully saturated rings. The maximum atomic E-state index is 15.3. The van der Waals surface area contributed by atoms with Crippen molar-refractivity contribution < 1.29 is 67.4 Å². The Kier molecular flexibility index (Phi) is 38.6.